The van der Waals surface area contributed by atoms with E-state index in [1.165, 1.54) is 121 Å². The third kappa shape index (κ3) is 7.20. The van der Waals surface area contributed by atoms with Crippen LogP contribution in [0, 0.1) is 0 Å². The number of para-hydroxylation sites is 2. The minimum atomic E-state index is 1.16. The van der Waals surface area contributed by atoms with Crippen molar-refractivity contribution in [2.24, 2.45) is 0 Å². The normalized spacial score (nSPS) is 11.6. The van der Waals surface area contributed by atoms with E-state index in [0.717, 1.165) is 11.4 Å². The molecule has 0 amide bonds. The van der Waals surface area contributed by atoms with Gasteiger partial charge in [0.1, 0.15) is 0 Å². The quantitative estimate of drug-likeness (QED) is 0.144. The maximum absolute atomic E-state index is 2.39. The molecule has 0 atom stereocenters. The molecule has 0 N–H and O–H groups in total. The summed E-state index contributed by atoms with van der Waals surface area (Å²) in [6, 6.07) is 102. The summed E-state index contributed by atoms with van der Waals surface area (Å²) in [5.74, 6) is 0. The zero-order chi connectivity index (χ0) is 47.5. The molecule has 0 radical (unpaired) electrons. The number of nitrogens with zero attached hydrogens (tertiary/aromatic N) is 2. The van der Waals surface area contributed by atoms with Crippen molar-refractivity contribution >= 4 is 54.4 Å². The number of fused-ring (bicyclic) bond motifs is 7. The van der Waals surface area contributed by atoms with Gasteiger partial charge in [-0.2, -0.15) is 0 Å². The molecule has 0 bridgehead atoms. The minimum absolute atomic E-state index is 1.16. The van der Waals surface area contributed by atoms with E-state index in [1.54, 1.807) is 0 Å². The molecule has 72 heavy (non-hydrogen) atoms. The van der Waals surface area contributed by atoms with Crippen LogP contribution in [0.3, 0.4) is 0 Å². The molecule has 14 rings (SSSR count). The highest BCUT2D eigenvalue weighted by Gasteiger charge is 2.16. The zero-order valence-electron chi connectivity index (χ0n) is 39.5. The molecule has 0 saturated carbocycles. The molecule has 2 heterocycles. The summed E-state index contributed by atoms with van der Waals surface area (Å²) in [5.41, 5.74) is 21.7. The molecule has 12 aromatic carbocycles. The Balaban J connectivity index is 0.706. The fraction of sp³-hybridized carbons (Fsp3) is 0. The standard InChI is InChI=1S/C70H46N2/c1-3-11-47(12-4-1)49-31-37-61(38-32-49)71-67-17-9-7-15-63(67)65-45-59(35-41-69(65)71)53-23-19-51(20-24-53)55-27-29-58-44-56(28-30-57(58)43-55)52-21-25-54(26-22-52)60-36-42-70-66(46-60)64-16-8-10-18-68(64)72(70)62-39-33-50(34-40-62)48-13-5-2-6-14-48/h1-46H. The van der Waals surface area contributed by atoms with Gasteiger partial charge in [0, 0.05) is 32.9 Å². The van der Waals surface area contributed by atoms with Crippen LogP contribution in [-0.2, 0) is 0 Å². The van der Waals surface area contributed by atoms with Gasteiger partial charge < -0.3 is 9.13 Å². The van der Waals surface area contributed by atoms with Gasteiger partial charge in [-0.3, -0.25) is 0 Å². The Labute approximate surface area is 418 Å². The molecule has 0 unspecified atom stereocenters. The van der Waals surface area contributed by atoms with Gasteiger partial charge in [0.2, 0.25) is 0 Å². The maximum Gasteiger partial charge on any atom is 0.0541 e. The van der Waals surface area contributed by atoms with E-state index >= 15 is 0 Å². The van der Waals surface area contributed by atoms with Crippen LogP contribution in [0.4, 0.5) is 0 Å². The van der Waals surface area contributed by atoms with E-state index in [4.69, 9.17) is 0 Å². The molecular weight excluding hydrogens is 869 g/mol. The maximum atomic E-state index is 2.39. The lowest BCUT2D eigenvalue weighted by molar-refractivity contribution is 1.18. The van der Waals surface area contributed by atoms with Crippen molar-refractivity contribution < 1.29 is 0 Å². The third-order valence-electron chi connectivity index (χ3n) is 14.8. The van der Waals surface area contributed by atoms with Crippen molar-refractivity contribution in [2.45, 2.75) is 0 Å². The average molecular weight is 915 g/mol. The predicted molar refractivity (Wildman–Crippen MR) is 305 cm³/mol. The number of hydrogen-bond acceptors (Lipinski definition) is 0. The summed E-state index contributed by atoms with van der Waals surface area (Å²) in [6.45, 7) is 0. The van der Waals surface area contributed by atoms with E-state index < -0.39 is 0 Å². The summed E-state index contributed by atoms with van der Waals surface area (Å²) in [6.07, 6.45) is 0. The topological polar surface area (TPSA) is 9.86 Å². The molecule has 2 nitrogen and oxygen atoms in total. The first-order valence-electron chi connectivity index (χ1n) is 24.8. The summed E-state index contributed by atoms with van der Waals surface area (Å²) in [5, 5.41) is 7.48. The highest BCUT2D eigenvalue weighted by Crippen LogP contribution is 2.39. The zero-order valence-corrected chi connectivity index (χ0v) is 39.5. The number of benzene rings is 12. The highest BCUT2D eigenvalue weighted by atomic mass is 15.0. The van der Waals surface area contributed by atoms with Gasteiger partial charge in [0.15, 0.2) is 0 Å². The van der Waals surface area contributed by atoms with Crippen LogP contribution in [0.2, 0.25) is 0 Å². The molecule has 0 fully saturated rings. The summed E-state index contributed by atoms with van der Waals surface area (Å²) in [7, 11) is 0. The van der Waals surface area contributed by atoms with E-state index in [2.05, 4.69) is 288 Å². The Morgan fingerprint density at radius 3 is 0.819 bits per heavy atom. The molecule has 0 saturated heterocycles. The van der Waals surface area contributed by atoms with E-state index in [-0.39, 0.29) is 0 Å². The lowest BCUT2D eigenvalue weighted by Crippen LogP contribution is -1.93. The summed E-state index contributed by atoms with van der Waals surface area (Å²) >= 11 is 0. The van der Waals surface area contributed by atoms with Crippen LogP contribution < -0.4 is 0 Å². The number of hydrogen-bond donors (Lipinski definition) is 0. The Hall–Kier alpha value is -9.50. The Kier molecular flexibility index (Phi) is 9.89. The van der Waals surface area contributed by atoms with Crippen molar-refractivity contribution in [3.05, 3.63) is 279 Å². The first-order chi connectivity index (χ1) is 35.7. The lowest BCUT2D eigenvalue weighted by Gasteiger charge is -2.11. The van der Waals surface area contributed by atoms with Crippen molar-refractivity contribution in [3.63, 3.8) is 0 Å². The summed E-state index contributed by atoms with van der Waals surface area (Å²) in [4.78, 5) is 0. The van der Waals surface area contributed by atoms with Crippen molar-refractivity contribution in [3.8, 4) is 78.1 Å². The Morgan fingerprint density at radius 2 is 0.431 bits per heavy atom. The van der Waals surface area contributed by atoms with E-state index in [9.17, 15) is 0 Å². The smallest absolute Gasteiger partial charge is 0.0541 e. The van der Waals surface area contributed by atoms with Gasteiger partial charge in [0.25, 0.3) is 0 Å². The molecule has 0 spiro atoms. The second-order valence-electron chi connectivity index (χ2n) is 18.9. The minimum Gasteiger partial charge on any atom is -0.309 e. The highest BCUT2D eigenvalue weighted by molar-refractivity contribution is 6.12. The van der Waals surface area contributed by atoms with E-state index in [1.807, 2.05) is 0 Å². The van der Waals surface area contributed by atoms with Gasteiger partial charge in [-0.1, -0.05) is 206 Å². The number of rotatable bonds is 8. The number of aromatic nitrogens is 2. The van der Waals surface area contributed by atoms with Crippen LogP contribution in [-0.4, -0.2) is 9.13 Å². The van der Waals surface area contributed by atoms with Crippen molar-refractivity contribution in [1.82, 2.24) is 9.13 Å². The Morgan fingerprint density at radius 1 is 0.167 bits per heavy atom. The van der Waals surface area contributed by atoms with Gasteiger partial charge >= 0.3 is 0 Å². The summed E-state index contributed by atoms with van der Waals surface area (Å²) < 4.78 is 4.78. The molecule has 0 aliphatic heterocycles. The largest absolute Gasteiger partial charge is 0.309 e. The van der Waals surface area contributed by atoms with Crippen LogP contribution >= 0.6 is 0 Å². The fourth-order valence-electron chi connectivity index (χ4n) is 11.0. The molecule has 2 heteroatoms. The first kappa shape index (κ1) is 41.5. The molecule has 0 aliphatic carbocycles. The van der Waals surface area contributed by atoms with Crippen LogP contribution in [0.15, 0.2) is 279 Å². The second kappa shape index (κ2) is 17.2. The van der Waals surface area contributed by atoms with Crippen molar-refractivity contribution in [2.75, 3.05) is 0 Å². The van der Waals surface area contributed by atoms with Gasteiger partial charge in [-0.15, -0.1) is 0 Å². The average Bonchev–Trinajstić information content (AvgIpc) is 3.98. The van der Waals surface area contributed by atoms with Gasteiger partial charge in [-0.05, 0) is 150 Å². The first-order valence-corrected chi connectivity index (χ1v) is 24.8. The molecule has 2 aromatic heterocycles. The van der Waals surface area contributed by atoms with Crippen molar-refractivity contribution in [1.29, 1.82) is 0 Å². The van der Waals surface area contributed by atoms with Gasteiger partial charge in [-0.25, -0.2) is 0 Å². The second-order valence-corrected chi connectivity index (χ2v) is 18.9. The van der Waals surface area contributed by atoms with Gasteiger partial charge in [0.05, 0.1) is 22.1 Å². The predicted octanol–water partition coefficient (Wildman–Crippen LogP) is 19.0. The van der Waals surface area contributed by atoms with E-state index in [0.29, 0.717) is 0 Å². The van der Waals surface area contributed by atoms with Crippen LogP contribution in [0.1, 0.15) is 0 Å². The van der Waals surface area contributed by atoms with Crippen LogP contribution in [0.25, 0.3) is 133 Å². The monoisotopic (exact) mass is 914 g/mol. The van der Waals surface area contributed by atoms with Crippen LogP contribution in [0.5, 0.6) is 0 Å². The molecular formula is C70H46N2. The molecule has 14 aromatic rings. The third-order valence-corrected chi connectivity index (χ3v) is 14.8. The SMILES string of the molecule is c1ccc(-c2ccc(-n3c4ccccc4c4cc(-c5ccc(-c6ccc7cc(-c8ccc(-c9ccc%10c(c9)c9ccccc9n%10-c9ccc(-c%10ccccc%10)cc9)cc8)ccc7c6)cc5)ccc43)cc2)cc1. The lowest BCUT2D eigenvalue weighted by atomic mass is 9.95. The molecule has 0 aliphatic rings. The fourth-order valence-corrected chi connectivity index (χ4v) is 11.0. The Bertz CT molecular complexity index is 4030. The molecule has 336 valence electrons.